The fourth-order valence-electron chi connectivity index (χ4n) is 1.30. The number of nitrogens with zero attached hydrogens (tertiary/aromatic N) is 1. The molecule has 0 aromatic carbocycles. The average molecular weight is 222 g/mol. The molecule has 4 heteroatoms. The van der Waals surface area contributed by atoms with Crippen LogP contribution in [0.2, 0.25) is 0 Å². The number of pyridine rings is 1. The van der Waals surface area contributed by atoms with Gasteiger partial charge in [-0.1, -0.05) is 6.07 Å². The van der Waals surface area contributed by atoms with E-state index in [-0.39, 0.29) is 12.0 Å². The summed E-state index contributed by atoms with van der Waals surface area (Å²) in [7, 11) is 0. The third-order valence-corrected chi connectivity index (χ3v) is 2.22. The summed E-state index contributed by atoms with van der Waals surface area (Å²) in [6.45, 7) is 2.23. The van der Waals surface area contributed by atoms with Gasteiger partial charge in [0.2, 0.25) is 5.91 Å². The van der Waals surface area contributed by atoms with Crippen molar-refractivity contribution in [2.24, 2.45) is 0 Å². The summed E-state index contributed by atoms with van der Waals surface area (Å²) < 4.78 is 0. The molecule has 0 bridgehead atoms. The van der Waals surface area contributed by atoms with Crippen LogP contribution in [0.1, 0.15) is 25.5 Å². The van der Waals surface area contributed by atoms with Crippen molar-refractivity contribution in [3.63, 3.8) is 0 Å². The first kappa shape index (κ1) is 12.6. The largest absolute Gasteiger partial charge is 0.393 e. The lowest BCUT2D eigenvalue weighted by Gasteiger charge is -2.06. The first-order valence-corrected chi connectivity index (χ1v) is 5.53. The van der Waals surface area contributed by atoms with E-state index in [0.717, 1.165) is 5.69 Å². The van der Waals surface area contributed by atoms with Gasteiger partial charge in [0.1, 0.15) is 0 Å². The molecule has 1 heterocycles. The number of nitrogens with one attached hydrogen (secondary N) is 1. The lowest BCUT2D eigenvalue weighted by atomic mass is 10.2. The molecule has 16 heavy (non-hydrogen) atoms. The molecule has 2 N–H and O–H groups in total. The number of aryl methyl sites for hydroxylation is 1. The number of hydrogen-bond acceptors (Lipinski definition) is 3. The molecule has 0 saturated carbocycles. The van der Waals surface area contributed by atoms with Crippen molar-refractivity contribution in [3.05, 3.63) is 30.1 Å². The third-order valence-electron chi connectivity index (χ3n) is 2.22. The Balaban J connectivity index is 2.16. The Hall–Kier alpha value is -1.42. The summed E-state index contributed by atoms with van der Waals surface area (Å²) in [6.07, 6.45) is 3.05. The minimum atomic E-state index is -0.365. The Morgan fingerprint density at radius 1 is 1.56 bits per heavy atom. The SMILES string of the molecule is CC(O)CCNC(=O)CCc1ccccn1. The maximum atomic E-state index is 11.4. The van der Waals surface area contributed by atoms with Gasteiger partial charge in [-0.05, 0) is 31.9 Å². The van der Waals surface area contributed by atoms with Gasteiger partial charge in [-0.2, -0.15) is 0 Å². The molecule has 0 saturated heterocycles. The summed E-state index contributed by atoms with van der Waals surface area (Å²) in [5.41, 5.74) is 0.924. The first-order chi connectivity index (χ1) is 7.68. The summed E-state index contributed by atoms with van der Waals surface area (Å²) in [5, 5.41) is 11.8. The van der Waals surface area contributed by atoms with Crippen LogP contribution in [0, 0.1) is 0 Å². The summed E-state index contributed by atoms with van der Waals surface area (Å²) in [4.78, 5) is 15.5. The molecular formula is C12H18N2O2. The Labute approximate surface area is 95.7 Å². The molecule has 88 valence electrons. The molecule has 1 amide bonds. The van der Waals surface area contributed by atoms with E-state index in [1.165, 1.54) is 0 Å². The zero-order chi connectivity index (χ0) is 11.8. The Morgan fingerprint density at radius 2 is 2.38 bits per heavy atom. The molecule has 0 spiro atoms. The molecule has 1 atom stereocenters. The van der Waals surface area contributed by atoms with Crippen LogP contribution >= 0.6 is 0 Å². The van der Waals surface area contributed by atoms with Crippen molar-refractivity contribution in [2.45, 2.75) is 32.3 Å². The van der Waals surface area contributed by atoms with Gasteiger partial charge in [-0.3, -0.25) is 9.78 Å². The van der Waals surface area contributed by atoms with Crippen molar-refractivity contribution in [3.8, 4) is 0 Å². The second-order valence-corrected chi connectivity index (χ2v) is 3.81. The Bertz CT molecular complexity index is 312. The van der Waals surface area contributed by atoms with Gasteiger partial charge in [0.05, 0.1) is 6.10 Å². The van der Waals surface area contributed by atoms with Crippen LogP contribution in [-0.4, -0.2) is 28.6 Å². The van der Waals surface area contributed by atoms with Crippen LogP contribution in [0.3, 0.4) is 0 Å². The van der Waals surface area contributed by atoms with Crippen molar-refractivity contribution in [1.82, 2.24) is 10.3 Å². The number of amides is 1. The van der Waals surface area contributed by atoms with E-state index < -0.39 is 0 Å². The number of aliphatic hydroxyl groups is 1. The van der Waals surface area contributed by atoms with Crippen molar-refractivity contribution < 1.29 is 9.90 Å². The molecule has 0 radical (unpaired) electrons. The number of carbonyl (C=O) groups is 1. The van der Waals surface area contributed by atoms with Crippen molar-refractivity contribution in [1.29, 1.82) is 0 Å². The predicted molar refractivity (Wildman–Crippen MR) is 61.9 cm³/mol. The average Bonchev–Trinajstić information content (AvgIpc) is 2.27. The molecule has 1 aromatic heterocycles. The number of hydrogen-bond donors (Lipinski definition) is 2. The molecular weight excluding hydrogens is 204 g/mol. The van der Waals surface area contributed by atoms with E-state index in [9.17, 15) is 4.79 Å². The van der Waals surface area contributed by atoms with Crippen LogP contribution in [0.5, 0.6) is 0 Å². The lowest BCUT2D eigenvalue weighted by Crippen LogP contribution is -2.26. The fourth-order valence-corrected chi connectivity index (χ4v) is 1.30. The fraction of sp³-hybridized carbons (Fsp3) is 0.500. The van der Waals surface area contributed by atoms with E-state index in [4.69, 9.17) is 5.11 Å². The second kappa shape index (κ2) is 6.95. The van der Waals surface area contributed by atoms with Crippen LogP contribution in [0.4, 0.5) is 0 Å². The van der Waals surface area contributed by atoms with E-state index >= 15 is 0 Å². The normalized spacial score (nSPS) is 12.1. The zero-order valence-electron chi connectivity index (χ0n) is 9.52. The van der Waals surface area contributed by atoms with Gasteiger partial charge in [0, 0.05) is 24.9 Å². The quantitative estimate of drug-likeness (QED) is 0.751. The highest BCUT2D eigenvalue weighted by molar-refractivity contribution is 5.76. The minimum Gasteiger partial charge on any atom is -0.393 e. The highest BCUT2D eigenvalue weighted by Gasteiger charge is 2.03. The van der Waals surface area contributed by atoms with Gasteiger partial charge < -0.3 is 10.4 Å². The second-order valence-electron chi connectivity index (χ2n) is 3.81. The maximum Gasteiger partial charge on any atom is 0.220 e. The van der Waals surface area contributed by atoms with E-state index in [0.29, 0.717) is 25.8 Å². The summed E-state index contributed by atoms with van der Waals surface area (Å²) in [6, 6.07) is 5.67. The maximum absolute atomic E-state index is 11.4. The number of aliphatic hydroxyl groups excluding tert-OH is 1. The topological polar surface area (TPSA) is 62.2 Å². The van der Waals surface area contributed by atoms with E-state index in [2.05, 4.69) is 10.3 Å². The van der Waals surface area contributed by atoms with Crippen LogP contribution in [-0.2, 0) is 11.2 Å². The van der Waals surface area contributed by atoms with E-state index in [1.807, 2.05) is 18.2 Å². The van der Waals surface area contributed by atoms with Crippen LogP contribution in [0.25, 0.3) is 0 Å². The molecule has 4 nitrogen and oxygen atoms in total. The van der Waals surface area contributed by atoms with Crippen LogP contribution in [0.15, 0.2) is 24.4 Å². The molecule has 0 aliphatic heterocycles. The molecule has 1 aromatic rings. The van der Waals surface area contributed by atoms with Gasteiger partial charge in [-0.25, -0.2) is 0 Å². The van der Waals surface area contributed by atoms with Crippen LogP contribution < -0.4 is 5.32 Å². The predicted octanol–water partition coefficient (Wildman–Crippen LogP) is 0.901. The number of aromatic nitrogens is 1. The Morgan fingerprint density at radius 3 is 3.00 bits per heavy atom. The lowest BCUT2D eigenvalue weighted by molar-refractivity contribution is -0.121. The highest BCUT2D eigenvalue weighted by Crippen LogP contribution is 1.98. The van der Waals surface area contributed by atoms with Gasteiger partial charge in [0.25, 0.3) is 0 Å². The monoisotopic (exact) mass is 222 g/mol. The molecule has 0 aliphatic rings. The third kappa shape index (κ3) is 5.46. The molecule has 1 rings (SSSR count). The minimum absolute atomic E-state index is 0.00584. The summed E-state index contributed by atoms with van der Waals surface area (Å²) >= 11 is 0. The standard InChI is InChI=1S/C12H18N2O2/c1-10(15)7-9-14-12(16)6-5-11-4-2-3-8-13-11/h2-4,8,10,15H,5-7,9H2,1H3,(H,14,16). The van der Waals surface area contributed by atoms with E-state index in [1.54, 1.807) is 13.1 Å². The van der Waals surface area contributed by atoms with Crippen molar-refractivity contribution in [2.75, 3.05) is 6.54 Å². The first-order valence-electron chi connectivity index (χ1n) is 5.53. The number of rotatable bonds is 6. The summed E-state index contributed by atoms with van der Waals surface area (Å²) in [5.74, 6) is 0.00584. The molecule has 0 aliphatic carbocycles. The molecule has 0 fully saturated rings. The highest BCUT2D eigenvalue weighted by atomic mass is 16.3. The molecule has 1 unspecified atom stereocenters. The van der Waals surface area contributed by atoms with Gasteiger partial charge >= 0.3 is 0 Å². The van der Waals surface area contributed by atoms with Gasteiger partial charge in [-0.15, -0.1) is 0 Å². The smallest absolute Gasteiger partial charge is 0.220 e. The van der Waals surface area contributed by atoms with Crippen molar-refractivity contribution >= 4 is 5.91 Å². The van der Waals surface area contributed by atoms with Gasteiger partial charge in [0.15, 0.2) is 0 Å². The number of carbonyl (C=O) groups excluding carboxylic acids is 1. The zero-order valence-corrected chi connectivity index (χ0v) is 9.52. The Kier molecular flexibility index (Phi) is 5.50.